The van der Waals surface area contributed by atoms with Crippen molar-refractivity contribution in [2.45, 2.75) is 25.8 Å². The molecule has 150 valence electrons. The number of hydrogen-bond donors (Lipinski definition) is 2. The number of amides is 3. The Labute approximate surface area is 169 Å². The van der Waals surface area contributed by atoms with E-state index in [2.05, 4.69) is 10.6 Å². The van der Waals surface area contributed by atoms with Gasteiger partial charge in [-0.3, -0.25) is 14.4 Å². The van der Waals surface area contributed by atoms with Gasteiger partial charge in [0.1, 0.15) is 5.75 Å². The topological polar surface area (TPSA) is 87.7 Å². The normalized spacial score (nSPS) is 18.5. The SMILES string of the molecule is CCOc1ccc(N2C(=O)c3ccc(C(=O)NC4CCCNC4)cc3C2=O)cc1. The second-order valence-electron chi connectivity index (χ2n) is 7.15. The molecule has 1 unspecified atom stereocenters. The van der Waals surface area contributed by atoms with Gasteiger partial charge in [-0.1, -0.05) is 0 Å². The summed E-state index contributed by atoms with van der Waals surface area (Å²) in [6, 6.07) is 11.5. The number of fused-ring (bicyclic) bond motifs is 1. The third-order valence-electron chi connectivity index (χ3n) is 5.19. The van der Waals surface area contributed by atoms with Gasteiger partial charge >= 0.3 is 0 Å². The van der Waals surface area contributed by atoms with Crippen molar-refractivity contribution in [3.63, 3.8) is 0 Å². The van der Waals surface area contributed by atoms with E-state index in [9.17, 15) is 14.4 Å². The summed E-state index contributed by atoms with van der Waals surface area (Å²) in [7, 11) is 0. The fraction of sp³-hybridized carbons (Fsp3) is 0.318. The summed E-state index contributed by atoms with van der Waals surface area (Å²) in [5.41, 5.74) is 1.40. The number of nitrogens with one attached hydrogen (secondary N) is 2. The second kappa shape index (κ2) is 8.05. The molecule has 7 nitrogen and oxygen atoms in total. The Morgan fingerprint density at radius 3 is 2.59 bits per heavy atom. The number of anilines is 1. The van der Waals surface area contributed by atoms with Crippen LogP contribution in [0.5, 0.6) is 5.75 Å². The van der Waals surface area contributed by atoms with Crippen LogP contribution < -0.4 is 20.3 Å². The van der Waals surface area contributed by atoms with Gasteiger partial charge in [-0.05, 0) is 68.8 Å². The zero-order valence-corrected chi connectivity index (χ0v) is 16.2. The van der Waals surface area contributed by atoms with Gasteiger partial charge in [0.15, 0.2) is 0 Å². The lowest BCUT2D eigenvalue weighted by atomic mass is 10.0. The van der Waals surface area contributed by atoms with E-state index in [1.807, 2.05) is 6.92 Å². The lowest BCUT2D eigenvalue weighted by molar-refractivity contribution is 0.0919. The summed E-state index contributed by atoms with van der Waals surface area (Å²) in [6.07, 6.45) is 1.94. The first-order valence-electron chi connectivity index (χ1n) is 9.85. The standard InChI is InChI=1S/C22H23N3O4/c1-2-29-17-8-6-16(7-9-17)25-21(27)18-10-5-14(12-19(18)22(25)28)20(26)24-15-4-3-11-23-13-15/h5-10,12,15,23H,2-4,11,13H2,1H3,(H,24,26). The lowest BCUT2D eigenvalue weighted by Crippen LogP contribution is -2.45. The molecule has 2 heterocycles. The van der Waals surface area contributed by atoms with Crippen molar-refractivity contribution >= 4 is 23.4 Å². The van der Waals surface area contributed by atoms with Crippen molar-refractivity contribution in [1.82, 2.24) is 10.6 Å². The zero-order valence-electron chi connectivity index (χ0n) is 16.2. The van der Waals surface area contributed by atoms with Crippen LogP contribution in [-0.4, -0.2) is 43.5 Å². The molecule has 1 saturated heterocycles. The molecular formula is C22H23N3O4. The van der Waals surface area contributed by atoms with Crippen molar-refractivity contribution in [1.29, 1.82) is 0 Å². The number of hydrogen-bond acceptors (Lipinski definition) is 5. The van der Waals surface area contributed by atoms with Gasteiger partial charge in [0.05, 0.1) is 23.4 Å². The predicted octanol–water partition coefficient (Wildman–Crippen LogP) is 2.37. The number of ether oxygens (including phenoxy) is 1. The minimum atomic E-state index is -0.428. The van der Waals surface area contributed by atoms with Crippen molar-refractivity contribution in [3.8, 4) is 5.75 Å². The van der Waals surface area contributed by atoms with E-state index in [0.29, 0.717) is 29.2 Å². The first-order valence-corrected chi connectivity index (χ1v) is 9.85. The Hall–Kier alpha value is -3.19. The third kappa shape index (κ3) is 3.73. The first kappa shape index (κ1) is 19.1. The van der Waals surface area contributed by atoms with Crippen molar-refractivity contribution in [3.05, 3.63) is 59.2 Å². The molecule has 2 aromatic carbocycles. The molecule has 0 spiro atoms. The van der Waals surface area contributed by atoms with Gasteiger partial charge in [-0.15, -0.1) is 0 Å². The fourth-order valence-corrected chi connectivity index (χ4v) is 3.72. The average molecular weight is 393 g/mol. The van der Waals surface area contributed by atoms with Crippen LogP contribution in [0.2, 0.25) is 0 Å². The molecule has 2 aromatic rings. The summed E-state index contributed by atoms with van der Waals surface area (Å²) >= 11 is 0. The monoisotopic (exact) mass is 393 g/mol. The quantitative estimate of drug-likeness (QED) is 0.762. The fourth-order valence-electron chi connectivity index (χ4n) is 3.72. The highest BCUT2D eigenvalue weighted by atomic mass is 16.5. The Bertz CT molecular complexity index is 949. The second-order valence-corrected chi connectivity index (χ2v) is 7.15. The van der Waals surface area contributed by atoms with Crippen LogP contribution >= 0.6 is 0 Å². The van der Waals surface area contributed by atoms with E-state index in [4.69, 9.17) is 4.74 Å². The number of nitrogens with zero attached hydrogens (tertiary/aromatic N) is 1. The maximum Gasteiger partial charge on any atom is 0.266 e. The Morgan fingerprint density at radius 2 is 1.90 bits per heavy atom. The summed E-state index contributed by atoms with van der Waals surface area (Å²) < 4.78 is 5.41. The van der Waals surface area contributed by atoms with Crippen LogP contribution in [0.3, 0.4) is 0 Å². The van der Waals surface area contributed by atoms with Gasteiger partial charge < -0.3 is 15.4 Å². The van der Waals surface area contributed by atoms with Crippen molar-refractivity contribution in [2.24, 2.45) is 0 Å². The molecule has 0 radical (unpaired) electrons. The molecule has 1 atom stereocenters. The van der Waals surface area contributed by atoms with Crippen LogP contribution in [0.1, 0.15) is 50.8 Å². The van der Waals surface area contributed by atoms with E-state index < -0.39 is 11.8 Å². The smallest absolute Gasteiger partial charge is 0.266 e. The summed E-state index contributed by atoms with van der Waals surface area (Å²) in [6.45, 7) is 4.12. The van der Waals surface area contributed by atoms with E-state index in [-0.39, 0.29) is 17.5 Å². The molecule has 2 aliphatic rings. The molecule has 4 rings (SSSR count). The number of carbonyl (C=O) groups excluding carboxylic acids is 3. The number of imide groups is 1. The molecule has 29 heavy (non-hydrogen) atoms. The summed E-state index contributed by atoms with van der Waals surface area (Å²) in [5.74, 6) is -0.383. The van der Waals surface area contributed by atoms with Gasteiger partial charge in [0.25, 0.3) is 17.7 Å². The van der Waals surface area contributed by atoms with Gasteiger partial charge in [-0.2, -0.15) is 0 Å². The summed E-state index contributed by atoms with van der Waals surface area (Å²) in [5, 5.41) is 6.24. The molecule has 0 aromatic heterocycles. The molecular weight excluding hydrogens is 370 g/mol. The maximum atomic E-state index is 12.9. The number of piperidine rings is 1. The van der Waals surface area contributed by atoms with Crippen LogP contribution in [-0.2, 0) is 0 Å². The van der Waals surface area contributed by atoms with Gasteiger partial charge in [-0.25, -0.2) is 4.90 Å². The molecule has 3 amide bonds. The Kier molecular flexibility index (Phi) is 5.31. The number of rotatable bonds is 5. The highest BCUT2D eigenvalue weighted by Gasteiger charge is 2.37. The number of carbonyl (C=O) groups is 3. The van der Waals surface area contributed by atoms with Crippen LogP contribution in [0.15, 0.2) is 42.5 Å². The van der Waals surface area contributed by atoms with Gasteiger partial charge in [0.2, 0.25) is 0 Å². The van der Waals surface area contributed by atoms with E-state index in [1.54, 1.807) is 36.4 Å². The highest BCUT2D eigenvalue weighted by Crippen LogP contribution is 2.30. The van der Waals surface area contributed by atoms with Gasteiger partial charge in [0, 0.05) is 18.2 Å². The molecule has 1 fully saturated rings. The molecule has 2 N–H and O–H groups in total. The highest BCUT2D eigenvalue weighted by molar-refractivity contribution is 6.34. The van der Waals surface area contributed by atoms with Crippen LogP contribution in [0.25, 0.3) is 0 Å². The minimum Gasteiger partial charge on any atom is -0.494 e. The Morgan fingerprint density at radius 1 is 1.14 bits per heavy atom. The lowest BCUT2D eigenvalue weighted by Gasteiger charge is -2.23. The molecule has 7 heteroatoms. The Balaban J connectivity index is 1.55. The average Bonchev–Trinajstić information content (AvgIpc) is 2.99. The van der Waals surface area contributed by atoms with Crippen LogP contribution in [0.4, 0.5) is 5.69 Å². The largest absolute Gasteiger partial charge is 0.494 e. The van der Waals surface area contributed by atoms with E-state index in [0.717, 1.165) is 30.8 Å². The molecule has 2 aliphatic heterocycles. The molecule has 0 saturated carbocycles. The molecule has 0 bridgehead atoms. The first-order chi connectivity index (χ1) is 14.1. The molecule has 0 aliphatic carbocycles. The van der Waals surface area contributed by atoms with E-state index in [1.165, 1.54) is 6.07 Å². The maximum absolute atomic E-state index is 12.9. The predicted molar refractivity (Wildman–Crippen MR) is 109 cm³/mol. The number of benzene rings is 2. The van der Waals surface area contributed by atoms with Crippen molar-refractivity contribution in [2.75, 3.05) is 24.6 Å². The van der Waals surface area contributed by atoms with Crippen molar-refractivity contribution < 1.29 is 19.1 Å². The van der Waals surface area contributed by atoms with Crippen LogP contribution in [0, 0.1) is 0 Å². The zero-order chi connectivity index (χ0) is 20.4. The summed E-state index contributed by atoms with van der Waals surface area (Å²) in [4.78, 5) is 39.4. The minimum absolute atomic E-state index is 0.0715. The third-order valence-corrected chi connectivity index (χ3v) is 5.19. The van der Waals surface area contributed by atoms with E-state index >= 15 is 0 Å².